The highest BCUT2D eigenvalue weighted by atomic mass is 17.1. The number of aryl methyl sites for hydroxylation is 1. The van der Waals surface area contributed by atoms with Gasteiger partial charge in [-0.2, -0.15) is 0 Å². The van der Waals surface area contributed by atoms with Crippen LogP contribution in [0.2, 0.25) is 0 Å². The van der Waals surface area contributed by atoms with Crippen LogP contribution in [0.15, 0.2) is 18.2 Å². The SMILES string of the molecule is C#C[C@]1(O)CC[C@H]2[C@@H]3CCc4cc(O)ccc4C3(OO)CC[C@@]21C. The highest BCUT2D eigenvalue weighted by molar-refractivity contribution is 5.42. The quantitative estimate of drug-likeness (QED) is 0.421. The van der Waals surface area contributed by atoms with Crippen molar-refractivity contribution in [2.75, 3.05) is 0 Å². The first-order chi connectivity index (χ1) is 11.4. The second-order valence-corrected chi connectivity index (χ2v) is 8.03. The van der Waals surface area contributed by atoms with E-state index in [1.165, 1.54) is 0 Å². The summed E-state index contributed by atoms with van der Waals surface area (Å²) in [6.45, 7) is 2.10. The lowest BCUT2D eigenvalue weighted by Crippen LogP contribution is -2.56. The molecule has 3 aliphatic carbocycles. The summed E-state index contributed by atoms with van der Waals surface area (Å²) in [6, 6.07) is 5.30. The van der Waals surface area contributed by atoms with Gasteiger partial charge in [-0.25, -0.2) is 4.89 Å². The first-order valence-electron chi connectivity index (χ1n) is 8.75. The van der Waals surface area contributed by atoms with E-state index in [0.29, 0.717) is 19.3 Å². The molecule has 0 aliphatic heterocycles. The Bertz CT molecular complexity index is 723. The lowest BCUT2D eigenvalue weighted by atomic mass is 9.51. The molecule has 0 aromatic heterocycles. The molecule has 4 nitrogen and oxygen atoms in total. The molecule has 3 N–H and O–H groups in total. The summed E-state index contributed by atoms with van der Waals surface area (Å²) in [4.78, 5) is 5.19. The Balaban J connectivity index is 1.82. The number of hydrogen-bond acceptors (Lipinski definition) is 4. The third-order valence-electron chi connectivity index (χ3n) is 7.35. The van der Waals surface area contributed by atoms with E-state index >= 15 is 0 Å². The number of phenols is 1. The predicted molar refractivity (Wildman–Crippen MR) is 89.2 cm³/mol. The smallest absolute Gasteiger partial charge is 0.132 e. The Hall–Kier alpha value is -1.54. The van der Waals surface area contributed by atoms with Crippen molar-refractivity contribution in [1.82, 2.24) is 0 Å². The molecule has 1 aromatic rings. The van der Waals surface area contributed by atoms with Gasteiger partial charge in [0.15, 0.2) is 0 Å². The van der Waals surface area contributed by atoms with Crippen molar-refractivity contribution in [1.29, 1.82) is 0 Å². The fourth-order valence-corrected chi connectivity index (χ4v) is 5.95. The Morgan fingerprint density at radius 1 is 1.21 bits per heavy atom. The fourth-order valence-electron chi connectivity index (χ4n) is 5.95. The van der Waals surface area contributed by atoms with Gasteiger partial charge in [-0.3, -0.25) is 5.26 Å². The summed E-state index contributed by atoms with van der Waals surface area (Å²) in [5.41, 5.74) is -0.172. The molecule has 0 spiro atoms. The third kappa shape index (κ3) is 1.75. The molecular weight excluding hydrogens is 304 g/mol. The number of hydrogen-bond donors (Lipinski definition) is 3. The van der Waals surface area contributed by atoms with Gasteiger partial charge in [-0.1, -0.05) is 18.9 Å². The number of fused-ring (bicyclic) bond motifs is 5. The first kappa shape index (κ1) is 16.0. The van der Waals surface area contributed by atoms with Gasteiger partial charge < -0.3 is 10.2 Å². The van der Waals surface area contributed by atoms with Gasteiger partial charge in [-0.15, -0.1) is 6.42 Å². The molecule has 0 amide bonds. The van der Waals surface area contributed by atoms with Crippen LogP contribution >= 0.6 is 0 Å². The summed E-state index contributed by atoms with van der Waals surface area (Å²) >= 11 is 0. The lowest BCUT2D eigenvalue weighted by molar-refractivity contribution is -0.366. The summed E-state index contributed by atoms with van der Waals surface area (Å²) < 4.78 is 0. The minimum atomic E-state index is -1.07. The monoisotopic (exact) mass is 328 g/mol. The molecule has 0 radical (unpaired) electrons. The van der Waals surface area contributed by atoms with Crippen molar-refractivity contribution in [2.45, 2.75) is 56.7 Å². The van der Waals surface area contributed by atoms with Gasteiger partial charge in [0.25, 0.3) is 0 Å². The second kappa shape index (κ2) is 4.98. The van der Waals surface area contributed by atoms with E-state index in [2.05, 4.69) is 12.8 Å². The Morgan fingerprint density at radius 2 is 2.00 bits per heavy atom. The van der Waals surface area contributed by atoms with Crippen LogP contribution in [0.3, 0.4) is 0 Å². The van der Waals surface area contributed by atoms with Gasteiger partial charge in [0, 0.05) is 5.41 Å². The van der Waals surface area contributed by atoms with Crippen LogP contribution in [-0.2, 0) is 16.9 Å². The normalized spacial score (nSPS) is 43.4. The molecule has 24 heavy (non-hydrogen) atoms. The molecule has 5 atom stereocenters. The molecule has 2 fully saturated rings. The number of phenolic OH excluding ortho intramolecular Hbond substituents is 1. The molecule has 0 bridgehead atoms. The molecule has 0 heterocycles. The Kier molecular flexibility index (Phi) is 3.31. The van der Waals surface area contributed by atoms with Crippen LogP contribution in [0.4, 0.5) is 0 Å². The maximum absolute atomic E-state index is 11.0. The summed E-state index contributed by atoms with van der Waals surface area (Å²) in [7, 11) is 0. The van der Waals surface area contributed by atoms with E-state index in [9.17, 15) is 15.5 Å². The van der Waals surface area contributed by atoms with E-state index in [0.717, 1.165) is 30.4 Å². The topological polar surface area (TPSA) is 69.9 Å². The van der Waals surface area contributed by atoms with Crippen LogP contribution in [0.5, 0.6) is 5.75 Å². The maximum atomic E-state index is 11.0. The second-order valence-electron chi connectivity index (χ2n) is 8.03. The molecule has 0 saturated heterocycles. The zero-order valence-electron chi connectivity index (χ0n) is 14.0. The van der Waals surface area contributed by atoms with Gasteiger partial charge in [0.05, 0.1) is 0 Å². The summed E-state index contributed by atoms with van der Waals surface area (Å²) in [5, 5.41) is 30.7. The highest BCUT2D eigenvalue weighted by Gasteiger charge is 2.65. The summed E-state index contributed by atoms with van der Waals surface area (Å²) in [6.07, 6.45) is 10.1. The van der Waals surface area contributed by atoms with E-state index in [4.69, 9.17) is 11.3 Å². The zero-order chi connectivity index (χ0) is 17.2. The average Bonchev–Trinajstić information content (AvgIpc) is 2.86. The van der Waals surface area contributed by atoms with E-state index in [-0.39, 0.29) is 23.0 Å². The minimum Gasteiger partial charge on any atom is -0.508 e. The number of benzene rings is 1. The van der Waals surface area contributed by atoms with Gasteiger partial charge in [0.1, 0.15) is 17.0 Å². The summed E-state index contributed by atoms with van der Waals surface area (Å²) in [5.74, 6) is 3.21. The maximum Gasteiger partial charge on any atom is 0.132 e. The van der Waals surface area contributed by atoms with Crippen LogP contribution in [0.1, 0.15) is 50.2 Å². The van der Waals surface area contributed by atoms with Crippen molar-refractivity contribution < 1.29 is 20.4 Å². The zero-order valence-corrected chi connectivity index (χ0v) is 14.0. The lowest BCUT2D eigenvalue weighted by Gasteiger charge is -2.56. The van der Waals surface area contributed by atoms with E-state index in [1.807, 2.05) is 6.07 Å². The molecule has 3 aliphatic rings. The third-order valence-corrected chi connectivity index (χ3v) is 7.35. The van der Waals surface area contributed by atoms with E-state index in [1.54, 1.807) is 12.1 Å². The van der Waals surface area contributed by atoms with Crippen LogP contribution in [0, 0.1) is 29.6 Å². The number of aromatic hydroxyl groups is 1. The molecular formula is C20H24O4. The first-order valence-corrected chi connectivity index (χ1v) is 8.75. The molecule has 2 saturated carbocycles. The Morgan fingerprint density at radius 3 is 2.71 bits per heavy atom. The number of terminal acetylenes is 1. The average molecular weight is 328 g/mol. The molecule has 4 heteroatoms. The molecule has 128 valence electrons. The van der Waals surface area contributed by atoms with E-state index < -0.39 is 11.2 Å². The van der Waals surface area contributed by atoms with Crippen molar-refractivity contribution >= 4 is 0 Å². The van der Waals surface area contributed by atoms with Crippen molar-refractivity contribution in [3.05, 3.63) is 29.3 Å². The fraction of sp³-hybridized carbons (Fsp3) is 0.600. The molecule has 4 rings (SSSR count). The van der Waals surface area contributed by atoms with Crippen molar-refractivity contribution in [3.8, 4) is 18.1 Å². The minimum absolute atomic E-state index is 0.112. The van der Waals surface area contributed by atoms with Crippen LogP contribution in [0.25, 0.3) is 0 Å². The van der Waals surface area contributed by atoms with Crippen molar-refractivity contribution in [2.24, 2.45) is 17.3 Å². The Labute approximate surface area is 142 Å². The molecule has 1 aromatic carbocycles. The van der Waals surface area contributed by atoms with Crippen LogP contribution in [-0.4, -0.2) is 21.1 Å². The highest BCUT2D eigenvalue weighted by Crippen LogP contribution is 2.66. The van der Waals surface area contributed by atoms with Gasteiger partial charge in [0.2, 0.25) is 0 Å². The number of rotatable bonds is 1. The standard InChI is InChI=1S/C20H24O4/c1-3-19(22)9-8-16-17-6-4-13-12-14(21)5-7-15(13)20(17,24-23)11-10-18(16,19)2/h1,5,7,12,16-17,21-23H,4,6,8-11H2,2H3/t16-,17-,18-,19-,20?/m0/s1. The van der Waals surface area contributed by atoms with Gasteiger partial charge in [-0.05, 0) is 73.6 Å². The number of aliphatic hydroxyl groups is 1. The van der Waals surface area contributed by atoms with Crippen molar-refractivity contribution in [3.63, 3.8) is 0 Å². The van der Waals surface area contributed by atoms with Crippen LogP contribution < -0.4 is 0 Å². The predicted octanol–water partition coefficient (Wildman–Crippen LogP) is 3.21. The largest absolute Gasteiger partial charge is 0.508 e. The molecule has 1 unspecified atom stereocenters. The van der Waals surface area contributed by atoms with Gasteiger partial charge >= 0.3 is 0 Å².